The Kier molecular flexibility index (Phi) is 6.05. The lowest BCUT2D eigenvalue weighted by molar-refractivity contribution is -0.138. The Hall–Kier alpha value is -3.49. The second kappa shape index (κ2) is 8.80. The molecular formula is C24H24F2N2O5. The van der Waals surface area contributed by atoms with E-state index in [0.29, 0.717) is 0 Å². The molecule has 0 radical (unpaired) electrons. The highest BCUT2D eigenvalue weighted by Gasteiger charge is 2.72. The molecule has 1 saturated carbocycles. The zero-order chi connectivity index (χ0) is 23.8. The number of fused-ring (bicyclic) bond motifs is 3. The Balaban J connectivity index is 1.31. The number of carbonyl (C=O) groups excluding carboxylic acids is 2. The molecule has 2 amide bonds. The number of aliphatic carboxylic acids is 1. The average molecular weight is 458 g/mol. The van der Waals surface area contributed by atoms with E-state index >= 15 is 0 Å². The monoisotopic (exact) mass is 458 g/mol. The summed E-state index contributed by atoms with van der Waals surface area (Å²) in [6.07, 6.45) is -1.16. The van der Waals surface area contributed by atoms with Crippen molar-refractivity contribution >= 4 is 18.0 Å². The molecule has 0 aliphatic heterocycles. The second-order valence-corrected chi connectivity index (χ2v) is 8.37. The van der Waals surface area contributed by atoms with Crippen molar-refractivity contribution in [1.29, 1.82) is 0 Å². The molecular weight excluding hydrogens is 434 g/mol. The summed E-state index contributed by atoms with van der Waals surface area (Å²) in [7, 11) is 1.29. The summed E-state index contributed by atoms with van der Waals surface area (Å²) in [5.41, 5.74) is 4.23. The fourth-order valence-electron chi connectivity index (χ4n) is 4.43. The van der Waals surface area contributed by atoms with Gasteiger partial charge in [-0.25, -0.2) is 13.6 Å². The van der Waals surface area contributed by atoms with E-state index in [1.807, 2.05) is 48.5 Å². The Bertz CT molecular complexity index is 1040. The van der Waals surface area contributed by atoms with Gasteiger partial charge in [0.1, 0.15) is 12.5 Å². The number of alkyl halides is 2. The molecule has 2 N–H and O–H groups in total. The number of carboxylic acid groups (broad SMARTS) is 1. The summed E-state index contributed by atoms with van der Waals surface area (Å²) in [5.74, 6) is -8.29. The maximum Gasteiger partial charge on any atom is 0.407 e. The molecule has 2 aromatic rings. The van der Waals surface area contributed by atoms with Gasteiger partial charge in [0, 0.05) is 26.1 Å². The molecule has 0 bridgehead atoms. The summed E-state index contributed by atoms with van der Waals surface area (Å²) in [5, 5.41) is 11.0. The van der Waals surface area contributed by atoms with E-state index in [2.05, 4.69) is 5.32 Å². The van der Waals surface area contributed by atoms with Crippen LogP contribution in [0, 0.1) is 11.8 Å². The highest BCUT2D eigenvalue weighted by atomic mass is 19.3. The molecule has 2 unspecified atom stereocenters. The van der Waals surface area contributed by atoms with E-state index < -0.39 is 42.3 Å². The third kappa shape index (κ3) is 4.40. The second-order valence-electron chi connectivity index (χ2n) is 8.37. The van der Waals surface area contributed by atoms with Gasteiger partial charge < -0.3 is 20.1 Å². The van der Waals surface area contributed by atoms with E-state index in [1.54, 1.807) is 0 Å². The van der Waals surface area contributed by atoms with Crippen LogP contribution in [0.2, 0.25) is 0 Å². The molecule has 0 heterocycles. The van der Waals surface area contributed by atoms with Crippen LogP contribution in [-0.4, -0.2) is 60.6 Å². The van der Waals surface area contributed by atoms with Gasteiger partial charge in [-0.1, -0.05) is 48.5 Å². The van der Waals surface area contributed by atoms with E-state index in [4.69, 9.17) is 9.84 Å². The average Bonchev–Trinajstić information content (AvgIpc) is 3.20. The summed E-state index contributed by atoms with van der Waals surface area (Å²) in [4.78, 5) is 36.1. The first kappa shape index (κ1) is 22.7. The largest absolute Gasteiger partial charge is 0.481 e. The first-order valence-corrected chi connectivity index (χ1v) is 10.6. The summed E-state index contributed by atoms with van der Waals surface area (Å²) < 4.78 is 33.6. The van der Waals surface area contributed by atoms with Crippen molar-refractivity contribution in [3.05, 3.63) is 59.7 Å². The molecule has 2 aliphatic carbocycles. The van der Waals surface area contributed by atoms with Gasteiger partial charge in [-0.05, 0) is 22.3 Å². The number of rotatable bonds is 8. The molecule has 33 heavy (non-hydrogen) atoms. The van der Waals surface area contributed by atoms with Crippen LogP contribution in [0.15, 0.2) is 48.5 Å². The van der Waals surface area contributed by atoms with Crippen LogP contribution in [0.4, 0.5) is 13.6 Å². The quantitative estimate of drug-likeness (QED) is 0.633. The number of carboxylic acids is 1. The number of alkyl carbamates (subject to hydrolysis) is 1. The van der Waals surface area contributed by atoms with Crippen molar-refractivity contribution in [1.82, 2.24) is 10.2 Å². The minimum atomic E-state index is -3.26. The SMILES string of the molecule is CN(CCC(=O)O)C(=O)C1C(CNC(=O)OCC2c3ccccc3-c3ccccc32)C1(F)F. The third-order valence-electron chi connectivity index (χ3n) is 6.32. The van der Waals surface area contributed by atoms with Gasteiger partial charge in [-0.2, -0.15) is 0 Å². The van der Waals surface area contributed by atoms with Crippen molar-refractivity contribution < 1.29 is 33.0 Å². The van der Waals surface area contributed by atoms with E-state index in [9.17, 15) is 23.2 Å². The van der Waals surface area contributed by atoms with Gasteiger partial charge in [0.15, 0.2) is 0 Å². The normalized spacial score (nSPS) is 19.8. The molecule has 2 aromatic carbocycles. The number of halogens is 2. The van der Waals surface area contributed by atoms with E-state index in [-0.39, 0.29) is 25.5 Å². The van der Waals surface area contributed by atoms with Crippen LogP contribution in [0.1, 0.15) is 23.5 Å². The van der Waals surface area contributed by atoms with Crippen molar-refractivity contribution in [3.8, 4) is 11.1 Å². The summed E-state index contributed by atoms with van der Waals surface area (Å²) in [6.45, 7) is -0.513. The number of amides is 2. The van der Waals surface area contributed by atoms with Gasteiger partial charge in [-0.15, -0.1) is 0 Å². The van der Waals surface area contributed by atoms with Gasteiger partial charge >= 0.3 is 12.1 Å². The van der Waals surface area contributed by atoms with Crippen molar-refractivity contribution in [2.75, 3.05) is 26.7 Å². The lowest BCUT2D eigenvalue weighted by atomic mass is 9.98. The van der Waals surface area contributed by atoms with Crippen LogP contribution in [-0.2, 0) is 14.3 Å². The van der Waals surface area contributed by atoms with Gasteiger partial charge in [-0.3, -0.25) is 9.59 Å². The number of benzene rings is 2. The van der Waals surface area contributed by atoms with E-state index in [0.717, 1.165) is 27.2 Å². The molecule has 7 nitrogen and oxygen atoms in total. The first-order chi connectivity index (χ1) is 15.7. The summed E-state index contributed by atoms with van der Waals surface area (Å²) >= 11 is 0. The number of ether oxygens (including phenoxy) is 1. The molecule has 2 atom stereocenters. The molecule has 0 spiro atoms. The first-order valence-electron chi connectivity index (χ1n) is 10.6. The van der Waals surface area contributed by atoms with Gasteiger partial charge in [0.25, 0.3) is 5.92 Å². The topological polar surface area (TPSA) is 95.9 Å². The summed E-state index contributed by atoms with van der Waals surface area (Å²) in [6, 6.07) is 15.7. The fourth-order valence-corrected chi connectivity index (χ4v) is 4.43. The predicted octanol–water partition coefficient (Wildman–Crippen LogP) is 3.34. The highest BCUT2D eigenvalue weighted by molar-refractivity contribution is 5.84. The minimum Gasteiger partial charge on any atom is -0.481 e. The van der Waals surface area contributed by atoms with E-state index in [1.165, 1.54) is 7.05 Å². The molecule has 0 aromatic heterocycles. The Morgan fingerprint density at radius 1 is 1.06 bits per heavy atom. The van der Waals surface area contributed by atoms with Crippen LogP contribution >= 0.6 is 0 Å². The standard InChI is InChI=1S/C24H24F2N2O5/c1-28(11-10-20(29)30)22(31)21-19(24(21,25)26)12-27-23(32)33-13-18-16-8-4-2-6-14(16)15-7-3-5-9-17(15)18/h2-9,18-19,21H,10-13H2,1H3,(H,27,32)(H,29,30). The number of nitrogens with zero attached hydrogens (tertiary/aromatic N) is 1. The molecule has 1 fully saturated rings. The predicted molar refractivity (Wildman–Crippen MR) is 115 cm³/mol. The molecule has 174 valence electrons. The van der Waals surface area contributed by atoms with Crippen LogP contribution < -0.4 is 5.32 Å². The van der Waals surface area contributed by atoms with Gasteiger partial charge in [0.05, 0.1) is 12.3 Å². The van der Waals surface area contributed by atoms with Crippen LogP contribution in [0.25, 0.3) is 11.1 Å². The van der Waals surface area contributed by atoms with Crippen LogP contribution in [0.5, 0.6) is 0 Å². The minimum absolute atomic E-state index is 0.0568. The number of nitrogens with one attached hydrogen (secondary N) is 1. The lowest BCUT2D eigenvalue weighted by Crippen LogP contribution is -2.33. The smallest absolute Gasteiger partial charge is 0.407 e. The maximum atomic E-state index is 14.1. The Morgan fingerprint density at radius 2 is 1.64 bits per heavy atom. The lowest BCUT2D eigenvalue weighted by Gasteiger charge is -2.16. The Labute approximate surface area is 189 Å². The molecule has 4 rings (SSSR count). The number of hydrogen-bond acceptors (Lipinski definition) is 4. The molecule has 2 aliphatic rings. The van der Waals surface area contributed by atoms with Crippen molar-refractivity contribution in [2.45, 2.75) is 18.3 Å². The Morgan fingerprint density at radius 3 is 2.21 bits per heavy atom. The third-order valence-corrected chi connectivity index (χ3v) is 6.32. The molecule has 9 heteroatoms. The van der Waals surface area contributed by atoms with Crippen molar-refractivity contribution in [3.63, 3.8) is 0 Å². The highest BCUT2D eigenvalue weighted by Crippen LogP contribution is 2.55. The number of hydrogen-bond donors (Lipinski definition) is 2. The van der Waals surface area contributed by atoms with Gasteiger partial charge in [0.2, 0.25) is 5.91 Å². The zero-order valence-corrected chi connectivity index (χ0v) is 18.0. The molecule has 0 saturated heterocycles. The van der Waals surface area contributed by atoms with Crippen molar-refractivity contribution in [2.24, 2.45) is 11.8 Å². The number of carbonyl (C=O) groups is 3. The fraction of sp³-hybridized carbons (Fsp3) is 0.375. The zero-order valence-electron chi connectivity index (χ0n) is 18.0. The van der Waals surface area contributed by atoms with Crippen LogP contribution in [0.3, 0.4) is 0 Å². The maximum absolute atomic E-state index is 14.1.